The number of aromatic nitrogens is 3. The lowest BCUT2D eigenvalue weighted by atomic mass is 10.0. The van der Waals surface area contributed by atoms with E-state index in [2.05, 4.69) is 99.5 Å². The number of hydrogen-bond acceptors (Lipinski definition) is 3. The van der Waals surface area contributed by atoms with Gasteiger partial charge in [-0.2, -0.15) is 0 Å². The Kier molecular flexibility index (Phi) is 13.7. The highest BCUT2D eigenvalue weighted by Gasteiger charge is 2.26. The summed E-state index contributed by atoms with van der Waals surface area (Å²) in [7, 11) is 0. The topological polar surface area (TPSA) is 51.0 Å². The van der Waals surface area contributed by atoms with E-state index in [1.807, 2.05) is 0 Å². The van der Waals surface area contributed by atoms with E-state index in [0.29, 0.717) is 13.0 Å². The Morgan fingerprint density at radius 3 is 1.96 bits per heavy atom. The summed E-state index contributed by atoms with van der Waals surface area (Å²) in [6, 6.07) is 17.3. The number of unbranched alkanes of at least 4 members (excludes halogenated alkanes) is 11. The van der Waals surface area contributed by atoms with E-state index in [4.69, 9.17) is 9.97 Å². The Labute approximate surface area is 279 Å². The molecular formula is C41H60N4O. The van der Waals surface area contributed by atoms with Gasteiger partial charge in [-0.15, -0.1) is 0 Å². The number of rotatable bonds is 19. The Bertz CT molecular complexity index is 1510. The molecule has 5 heteroatoms. The van der Waals surface area contributed by atoms with Gasteiger partial charge in [-0.3, -0.25) is 9.78 Å². The fraction of sp³-hybridized carbons (Fsp3) is 0.585. The summed E-state index contributed by atoms with van der Waals surface area (Å²) in [4.78, 5) is 25.5. The second kappa shape index (κ2) is 17.6. The highest BCUT2D eigenvalue weighted by molar-refractivity contribution is 6.03. The van der Waals surface area contributed by atoms with Gasteiger partial charge in [0, 0.05) is 36.9 Å². The van der Waals surface area contributed by atoms with Crippen molar-refractivity contribution in [1.82, 2.24) is 19.4 Å². The van der Waals surface area contributed by atoms with Crippen LogP contribution < -0.4 is 0 Å². The van der Waals surface area contributed by atoms with Gasteiger partial charge >= 0.3 is 0 Å². The largest absolute Gasteiger partial charge is 0.334 e. The third-order valence-electron chi connectivity index (χ3n) is 9.40. The van der Waals surface area contributed by atoms with Crippen molar-refractivity contribution in [2.45, 2.75) is 156 Å². The fourth-order valence-electron chi connectivity index (χ4n) is 6.62. The summed E-state index contributed by atoms with van der Waals surface area (Å²) in [6.07, 6.45) is 18.1. The maximum Gasteiger partial charge on any atom is 0.223 e. The Hall–Kier alpha value is -3.21. The van der Waals surface area contributed by atoms with Gasteiger partial charge in [0.25, 0.3) is 0 Å². The van der Waals surface area contributed by atoms with Crippen molar-refractivity contribution in [2.75, 3.05) is 0 Å². The first kappa shape index (κ1) is 35.6. The van der Waals surface area contributed by atoms with Gasteiger partial charge in [-0.05, 0) is 57.7 Å². The summed E-state index contributed by atoms with van der Waals surface area (Å²) in [5.74, 6) is 1.41. The van der Waals surface area contributed by atoms with Gasteiger partial charge in [0.2, 0.25) is 5.91 Å². The highest BCUT2D eigenvalue weighted by Crippen LogP contribution is 2.29. The molecule has 4 rings (SSSR count). The first-order valence-corrected chi connectivity index (χ1v) is 18.4. The minimum atomic E-state index is -0.218. The summed E-state index contributed by atoms with van der Waals surface area (Å²) in [5, 5.41) is 1.16. The number of carbonyl (C=O) groups excluding carboxylic acids is 1. The molecule has 5 nitrogen and oxygen atoms in total. The minimum Gasteiger partial charge on any atom is -0.334 e. The van der Waals surface area contributed by atoms with E-state index < -0.39 is 0 Å². The van der Waals surface area contributed by atoms with Crippen LogP contribution in [0.15, 0.2) is 48.5 Å². The average molecular weight is 625 g/mol. The van der Waals surface area contributed by atoms with Crippen LogP contribution >= 0.6 is 0 Å². The Morgan fingerprint density at radius 1 is 0.739 bits per heavy atom. The quantitative estimate of drug-likeness (QED) is 0.0975. The van der Waals surface area contributed by atoms with E-state index >= 15 is 0 Å². The molecule has 46 heavy (non-hydrogen) atoms. The lowest BCUT2D eigenvalue weighted by Crippen LogP contribution is -2.45. The third kappa shape index (κ3) is 9.89. The van der Waals surface area contributed by atoms with Crippen molar-refractivity contribution in [2.24, 2.45) is 0 Å². The van der Waals surface area contributed by atoms with Crippen molar-refractivity contribution in [3.05, 3.63) is 71.2 Å². The Balaban J connectivity index is 1.37. The molecule has 2 heterocycles. The Morgan fingerprint density at radius 2 is 1.33 bits per heavy atom. The first-order valence-electron chi connectivity index (χ1n) is 18.4. The molecule has 0 saturated heterocycles. The van der Waals surface area contributed by atoms with Gasteiger partial charge in [0.1, 0.15) is 11.3 Å². The van der Waals surface area contributed by atoms with Crippen LogP contribution in [0, 0.1) is 6.92 Å². The highest BCUT2D eigenvalue weighted by atomic mass is 16.2. The van der Waals surface area contributed by atoms with Crippen LogP contribution in [-0.4, -0.2) is 30.9 Å². The molecule has 0 radical (unpaired) electrons. The molecule has 0 unspecified atom stereocenters. The molecule has 0 fully saturated rings. The van der Waals surface area contributed by atoms with E-state index in [9.17, 15) is 4.79 Å². The lowest BCUT2D eigenvalue weighted by Gasteiger charge is -2.36. The number of amides is 1. The summed E-state index contributed by atoms with van der Waals surface area (Å²) in [6.45, 7) is 14.5. The fourth-order valence-corrected chi connectivity index (χ4v) is 6.62. The standard InChI is InChI=1S/C41H60N4O/c1-7-9-11-12-13-14-15-16-17-18-19-25-38(46)45(41(4,5)6)31-34-28-26-33(27-29-34)30-44-37(24-10-8-2)43-39-32(3)42-36-23-21-20-22-35(36)40(39)44/h20-23,26-29H,7-19,24-25,30-31H2,1-6H3. The molecule has 250 valence electrons. The SMILES string of the molecule is CCCCCCCCCCCCCC(=O)N(Cc1ccc(Cn2c(CCCC)nc3c(C)nc4ccccc4c32)cc1)C(C)(C)C. The van der Waals surface area contributed by atoms with Gasteiger partial charge in [0.05, 0.1) is 16.7 Å². The monoisotopic (exact) mass is 624 g/mol. The van der Waals surface area contributed by atoms with Crippen molar-refractivity contribution < 1.29 is 4.79 Å². The van der Waals surface area contributed by atoms with E-state index in [1.165, 1.54) is 74.4 Å². The molecule has 0 spiro atoms. The van der Waals surface area contributed by atoms with Crippen molar-refractivity contribution in [3.8, 4) is 0 Å². The molecule has 2 aromatic carbocycles. The molecule has 0 bridgehead atoms. The maximum atomic E-state index is 13.4. The molecule has 0 atom stereocenters. The first-order chi connectivity index (χ1) is 22.2. The number of benzene rings is 2. The van der Waals surface area contributed by atoms with Crippen LogP contribution in [0.3, 0.4) is 0 Å². The maximum absolute atomic E-state index is 13.4. The number of para-hydroxylation sites is 1. The van der Waals surface area contributed by atoms with Gasteiger partial charge < -0.3 is 9.47 Å². The average Bonchev–Trinajstić information content (AvgIpc) is 3.40. The van der Waals surface area contributed by atoms with E-state index in [-0.39, 0.29) is 11.4 Å². The zero-order valence-corrected chi connectivity index (χ0v) is 29.8. The minimum absolute atomic E-state index is 0.218. The van der Waals surface area contributed by atoms with Crippen LogP contribution in [-0.2, 0) is 24.3 Å². The number of carbonyl (C=O) groups is 1. The van der Waals surface area contributed by atoms with Crippen LogP contribution in [0.4, 0.5) is 0 Å². The molecule has 1 amide bonds. The smallest absolute Gasteiger partial charge is 0.223 e. The summed E-state index contributed by atoms with van der Waals surface area (Å²) < 4.78 is 2.41. The molecule has 0 N–H and O–H groups in total. The zero-order valence-electron chi connectivity index (χ0n) is 29.8. The lowest BCUT2D eigenvalue weighted by molar-refractivity contribution is -0.136. The third-order valence-corrected chi connectivity index (χ3v) is 9.40. The number of hydrogen-bond donors (Lipinski definition) is 0. The molecule has 2 aromatic heterocycles. The number of aryl methyl sites for hydroxylation is 2. The van der Waals surface area contributed by atoms with Crippen LogP contribution in [0.5, 0.6) is 0 Å². The molecule has 0 aliphatic carbocycles. The van der Waals surface area contributed by atoms with Gasteiger partial charge in [-0.1, -0.05) is 127 Å². The molecule has 0 saturated carbocycles. The van der Waals surface area contributed by atoms with Crippen LogP contribution in [0.2, 0.25) is 0 Å². The predicted octanol–water partition coefficient (Wildman–Crippen LogP) is 11.1. The van der Waals surface area contributed by atoms with Crippen molar-refractivity contribution in [1.29, 1.82) is 0 Å². The number of nitrogens with zero attached hydrogens (tertiary/aromatic N) is 4. The normalized spacial score (nSPS) is 12.0. The number of imidazole rings is 1. The van der Waals surface area contributed by atoms with Crippen molar-refractivity contribution >= 4 is 27.8 Å². The molecule has 0 aliphatic heterocycles. The second-order valence-corrected chi connectivity index (χ2v) is 14.4. The summed E-state index contributed by atoms with van der Waals surface area (Å²) >= 11 is 0. The molecule has 0 aliphatic rings. The second-order valence-electron chi connectivity index (χ2n) is 14.4. The van der Waals surface area contributed by atoms with E-state index in [0.717, 1.165) is 66.6 Å². The van der Waals surface area contributed by atoms with Crippen LogP contribution in [0.1, 0.15) is 147 Å². The van der Waals surface area contributed by atoms with Gasteiger partial charge in [0.15, 0.2) is 0 Å². The zero-order chi connectivity index (χ0) is 32.9. The number of fused-ring (bicyclic) bond motifs is 3. The predicted molar refractivity (Wildman–Crippen MR) is 195 cm³/mol. The number of pyridine rings is 1. The van der Waals surface area contributed by atoms with Crippen LogP contribution in [0.25, 0.3) is 21.9 Å². The molecule has 4 aromatic rings. The summed E-state index contributed by atoms with van der Waals surface area (Å²) in [5.41, 5.74) is 6.41. The van der Waals surface area contributed by atoms with Crippen molar-refractivity contribution in [3.63, 3.8) is 0 Å². The molecular weight excluding hydrogens is 564 g/mol. The van der Waals surface area contributed by atoms with Gasteiger partial charge in [-0.25, -0.2) is 4.98 Å². The van der Waals surface area contributed by atoms with E-state index in [1.54, 1.807) is 0 Å².